The molecule has 3 rings (SSSR count). The molecule has 152 valence electrons. The molecule has 0 aliphatic carbocycles. The number of rotatable bonds is 8. The number of hydrogen-bond donors (Lipinski definition) is 1. The van der Waals surface area contributed by atoms with Gasteiger partial charge in [0.05, 0.1) is 17.8 Å². The van der Waals surface area contributed by atoms with Crippen molar-refractivity contribution >= 4 is 17.2 Å². The third-order valence-electron chi connectivity index (χ3n) is 4.21. The van der Waals surface area contributed by atoms with Crippen LogP contribution in [0.15, 0.2) is 47.8 Å². The summed E-state index contributed by atoms with van der Waals surface area (Å²) in [5.41, 5.74) is 3.40. The lowest BCUT2D eigenvalue weighted by Crippen LogP contribution is -2.25. The van der Waals surface area contributed by atoms with Gasteiger partial charge in [-0.3, -0.25) is 4.79 Å². The maximum atomic E-state index is 12.4. The second-order valence-corrected chi connectivity index (χ2v) is 7.26. The van der Waals surface area contributed by atoms with Crippen LogP contribution in [0.1, 0.15) is 20.9 Å². The Balaban J connectivity index is 1.55. The number of carbonyl (C=O) groups excluding carboxylic acids is 1. The summed E-state index contributed by atoms with van der Waals surface area (Å²) in [5.74, 6) is -0.360. The number of methoxy groups -OCH3 is 1. The summed E-state index contributed by atoms with van der Waals surface area (Å²) in [7, 11) is 1.33. The van der Waals surface area contributed by atoms with Crippen LogP contribution in [0, 0.1) is 6.92 Å². The average molecular weight is 418 g/mol. The van der Waals surface area contributed by atoms with Crippen molar-refractivity contribution in [1.82, 2.24) is 10.3 Å². The molecule has 1 heterocycles. The second kappa shape index (κ2) is 9.47. The lowest BCUT2D eigenvalue weighted by molar-refractivity contribution is -0.0512. The van der Waals surface area contributed by atoms with E-state index in [1.54, 1.807) is 11.3 Å². The summed E-state index contributed by atoms with van der Waals surface area (Å²) in [4.78, 5) is 16.8. The standard InChI is InChI=1S/C21H20F2N2O3S/c1-13-25-17(12-29-13)15-5-3-14(4-6-15)9-10-24-20(26)16-7-8-18(28-21(22)23)19(11-16)27-2/h3-8,11-12,21H,9-10H2,1-2H3,(H,24,26). The first-order chi connectivity index (χ1) is 14.0. The Morgan fingerprint density at radius 1 is 1.17 bits per heavy atom. The Labute approximate surface area is 171 Å². The molecule has 0 saturated carbocycles. The van der Waals surface area contributed by atoms with Crippen molar-refractivity contribution in [3.05, 3.63) is 64.0 Å². The number of amides is 1. The molecule has 0 aliphatic heterocycles. The molecule has 1 N–H and O–H groups in total. The molecule has 2 aromatic carbocycles. The Hall–Kier alpha value is -3.00. The van der Waals surface area contributed by atoms with Crippen LogP contribution in [-0.2, 0) is 6.42 Å². The maximum Gasteiger partial charge on any atom is 0.387 e. The summed E-state index contributed by atoms with van der Waals surface area (Å²) in [6.07, 6.45) is 0.659. The monoisotopic (exact) mass is 418 g/mol. The minimum atomic E-state index is -2.96. The first-order valence-corrected chi connectivity index (χ1v) is 9.76. The fourth-order valence-corrected chi connectivity index (χ4v) is 3.38. The molecule has 3 aromatic rings. The average Bonchev–Trinajstić information content (AvgIpc) is 3.14. The largest absolute Gasteiger partial charge is 0.493 e. The van der Waals surface area contributed by atoms with Gasteiger partial charge in [-0.05, 0) is 37.1 Å². The number of benzene rings is 2. The van der Waals surface area contributed by atoms with Gasteiger partial charge < -0.3 is 14.8 Å². The molecule has 0 spiro atoms. The lowest BCUT2D eigenvalue weighted by Gasteiger charge is -2.11. The van der Waals surface area contributed by atoms with Gasteiger partial charge in [0.15, 0.2) is 11.5 Å². The van der Waals surface area contributed by atoms with Crippen LogP contribution in [0.4, 0.5) is 8.78 Å². The SMILES string of the molecule is COc1cc(C(=O)NCCc2ccc(-c3csc(C)n3)cc2)ccc1OC(F)F. The molecular weight excluding hydrogens is 398 g/mol. The van der Waals surface area contributed by atoms with E-state index in [4.69, 9.17) is 4.74 Å². The zero-order valence-electron chi connectivity index (χ0n) is 15.9. The van der Waals surface area contributed by atoms with Gasteiger partial charge in [-0.2, -0.15) is 8.78 Å². The van der Waals surface area contributed by atoms with E-state index in [-0.39, 0.29) is 17.4 Å². The van der Waals surface area contributed by atoms with Gasteiger partial charge in [-0.25, -0.2) is 4.98 Å². The number of aryl methyl sites for hydroxylation is 1. The van der Waals surface area contributed by atoms with E-state index in [2.05, 4.69) is 15.0 Å². The van der Waals surface area contributed by atoms with Crippen LogP contribution in [0.3, 0.4) is 0 Å². The Bertz CT molecular complexity index is 974. The topological polar surface area (TPSA) is 60.5 Å². The maximum absolute atomic E-state index is 12.4. The van der Waals surface area contributed by atoms with Crippen LogP contribution in [-0.4, -0.2) is 31.2 Å². The first kappa shape index (κ1) is 20.7. The number of alkyl halides is 2. The predicted octanol–water partition coefficient (Wildman–Crippen LogP) is 4.70. The van der Waals surface area contributed by atoms with Crippen molar-refractivity contribution in [3.63, 3.8) is 0 Å². The molecule has 0 saturated heterocycles. The highest BCUT2D eigenvalue weighted by Gasteiger charge is 2.14. The lowest BCUT2D eigenvalue weighted by atomic mass is 10.1. The van der Waals surface area contributed by atoms with Crippen molar-refractivity contribution < 1.29 is 23.0 Å². The molecule has 1 amide bonds. The summed E-state index contributed by atoms with van der Waals surface area (Å²) in [6, 6.07) is 12.1. The number of aromatic nitrogens is 1. The van der Waals surface area contributed by atoms with Crippen molar-refractivity contribution in [3.8, 4) is 22.8 Å². The van der Waals surface area contributed by atoms with Crippen LogP contribution < -0.4 is 14.8 Å². The fourth-order valence-electron chi connectivity index (χ4n) is 2.76. The minimum absolute atomic E-state index is 0.0748. The van der Waals surface area contributed by atoms with Gasteiger partial charge in [0, 0.05) is 23.1 Å². The van der Waals surface area contributed by atoms with Crippen molar-refractivity contribution in [2.75, 3.05) is 13.7 Å². The molecule has 0 bridgehead atoms. The molecule has 0 atom stereocenters. The Morgan fingerprint density at radius 3 is 2.55 bits per heavy atom. The highest BCUT2D eigenvalue weighted by Crippen LogP contribution is 2.29. The van der Waals surface area contributed by atoms with E-state index >= 15 is 0 Å². The van der Waals surface area contributed by atoms with Crippen molar-refractivity contribution in [1.29, 1.82) is 0 Å². The van der Waals surface area contributed by atoms with E-state index in [0.717, 1.165) is 21.8 Å². The van der Waals surface area contributed by atoms with E-state index in [1.807, 2.05) is 36.6 Å². The van der Waals surface area contributed by atoms with Crippen LogP contribution in [0.25, 0.3) is 11.3 Å². The van der Waals surface area contributed by atoms with Gasteiger partial charge in [0.2, 0.25) is 0 Å². The molecule has 5 nitrogen and oxygen atoms in total. The summed E-state index contributed by atoms with van der Waals surface area (Å²) in [5, 5.41) is 5.86. The van der Waals surface area contributed by atoms with E-state index in [0.29, 0.717) is 18.5 Å². The third kappa shape index (κ3) is 5.51. The molecule has 29 heavy (non-hydrogen) atoms. The quantitative estimate of drug-likeness (QED) is 0.576. The first-order valence-electron chi connectivity index (χ1n) is 8.88. The molecule has 0 radical (unpaired) electrons. The molecule has 0 fully saturated rings. The van der Waals surface area contributed by atoms with Gasteiger partial charge in [-0.15, -0.1) is 11.3 Å². The molecule has 0 aliphatic rings. The van der Waals surface area contributed by atoms with Gasteiger partial charge >= 0.3 is 6.61 Å². The number of ether oxygens (including phenoxy) is 2. The van der Waals surface area contributed by atoms with Gasteiger partial charge in [-0.1, -0.05) is 24.3 Å². The van der Waals surface area contributed by atoms with Gasteiger partial charge in [0.1, 0.15) is 0 Å². The van der Waals surface area contributed by atoms with E-state index in [9.17, 15) is 13.6 Å². The van der Waals surface area contributed by atoms with Crippen LogP contribution in [0.5, 0.6) is 11.5 Å². The van der Waals surface area contributed by atoms with Crippen molar-refractivity contribution in [2.24, 2.45) is 0 Å². The van der Waals surface area contributed by atoms with Crippen LogP contribution in [0.2, 0.25) is 0 Å². The summed E-state index contributed by atoms with van der Waals surface area (Å²) >= 11 is 1.61. The number of hydrogen-bond acceptors (Lipinski definition) is 5. The highest BCUT2D eigenvalue weighted by molar-refractivity contribution is 7.09. The van der Waals surface area contributed by atoms with E-state index in [1.165, 1.54) is 25.3 Å². The Kier molecular flexibility index (Phi) is 6.77. The zero-order valence-corrected chi connectivity index (χ0v) is 16.8. The summed E-state index contributed by atoms with van der Waals surface area (Å²) < 4.78 is 34.1. The fraction of sp³-hybridized carbons (Fsp3) is 0.238. The highest BCUT2D eigenvalue weighted by atomic mass is 32.1. The molecule has 8 heteroatoms. The Morgan fingerprint density at radius 2 is 1.93 bits per heavy atom. The third-order valence-corrected chi connectivity index (χ3v) is 4.98. The molecule has 1 aromatic heterocycles. The number of carbonyl (C=O) groups is 1. The molecular formula is C21H20F2N2O3S. The summed E-state index contributed by atoms with van der Waals surface area (Å²) in [6.45, 7) is -0.555. The number of nitrogens with zero attached hydrogens (tertiary/aromatic N) is 1. The second-order valence-electron chi connectivity index (χ2n) is 6.20. The predicted molar refractivity (Wildman–Crippen MR) is 108 cm³/mol. The van der Waals surface area contributed by atoms with Crippen LogP contribution >= 0.6 is 11.3 Å². The smallest absolute Gasteiger partial charge is 0.387 e. The van der Waals surface area contributed by atoms with E-state index < -0.39 is 6.61 Å². The van der Waals surface area contributed by atoms with Crippen molar-refractivity contribution in [2.45, 2.75) is 20.0 Å². The minimum Gasteiger partial charge on any atom is -0.493 e. The number of nitrogens with one attached hydrogen (secondary N) is 1. The number of halogens is 2. The normalized spacial score (nSPS) is 10.8. The van der Waals surface area contributed by atoms with Gasteiger partial charge in [0.25, 0.3) is 5.91 Å². The zero-order chi connectivity index (χ0) is 20.8. The molecule has 0 unspecified atom stereocenters. The number of thiazole rings is 1.